The lowest BCUT2D eigenvalue weighted by molar-refractivity contribution is -0.154. The van der Waals surface area contributed by atoms with Gasteiger partial charge in [-0.2, -0.15) is 0 Å². The third-order valence-corrected chi connectivity index (χ3v) is 3.44. The average Bonchev–Trinajstić information content (AvgIpc) is 2.37. The number of ether oxygens (including phenoxy) is 1. The first-order chi connectivity index (χ1) is 9.46. The number of carbonyl (C=O) groups is 1. The van der Waals surface area contributed by atoms with Gasteiger partial charge in [0.25, 0.3) is 0 Å². The molecule has 1 aliphatic heterocycles. The van der Waals surface area contributed by atoms with Crippen molar-refractivity contribution in [2.75, 3.05) is 18.0 Å². The van der Waals surface area contributed by atoms with Crippen LogP contribution >= 0.6 is 0 Å². The SMILES string of the molecule is CC(C)(C)OC(=O)CCCN1CCCc2ccccc21. The second-order valence-corrected chi connectivity index (χ2v) is 6.41. The van der Waals surface area contributed by atoms with Crippen LogP contribution in [-0.4, -0.2) is 24.7 Å². The Bertz CT molecular complexity index is 462. The number of hydrogen-bond acceptors (Lipinski definition) is 3. The van der Waals surface area contributed by atoms with Crippen LogP contribution in [0.15, 0.2) is 24.3 Å². The Labute approximate surface area is 121 Å². The number of aryl methyl sites for hydroxylation is 1. The summed E-state index contributed by atoms with van der Waals surface area (Å²) >= 11 is 0. The van der Waals surface area contributed by atoms with Gasteiger partial charge in [0.05, 0.1) is 0 Å². The molecule has 0 bridgehead atoms. The van der Waals surface area contributed by atoms with Crippen molar-refractivity contribution < 1.29 is 9.53 Å². The van der Waals surface area contributed by atoms with E-state index in [1.54, 1.807) is 0 Å². The second-order valence-electron chi connectivity index (χ2n) is 6.41. The number of para-hydroxylation sites is 1. The van der Waals surface area contributed by atoms with E-state index in [0.717, 1.165) is 19.5 Å². The first-order valence-electron chi connectivity index (χ1n) is 7.50. The standard InChI is InChI=1S/C17H25NO2/c1-17(2,3)20-16(19)11-7-13-18-12-6-9-14-8-4-5-10-15(14)18/h4-5,8,10H,6-7,9,11-13H2,1-3H3. The molecule has 1 aliphatic rings. The number of nitrogens with zero attached hydrogens (tertiary/aromatic N) is 1. The molecule has 0 saturated carbocycles. The van der Waals surface area contributed by atoms with E-state index in [0.29, 0.717) is 6.42 Å². The van der Waals surface area contributed by atoms with Gasteiger partial charge < -0.3 is 9.64 Å². The van der Waals surface area contributed by atoms with E-state index < -0.39 is 0 Å². The molecule has 20 heavy (non-hydrogen) atoms. The Hall–Kier alpha value is -1.51. The third-order valence-electron chi connectivity index (χ3n) is 3.44. The van der Waals surface area contributed by atoms with Gasteiger partial charge in [-0.15, -0.1) is 0 Å². The molecule has 0 radical (unpaired) electrons. The molecule has 0 atom stereocenters. The van der Waals surface area contributed by atoms with Crippen molar-refractivity contribution in [2.24, 2.45) is 0 Å². The molecule has 0 fully saturated rings. The van der Waals surface area contributed by atoms with Gasteiger partial charge in [0.15, 0.2) is 0 Å². The number of carbonyl (C=O) groups excluding carboxylic acids is 1. The fourth-order valence-electron chi connectivity index (χ4n) is 2.65. The Balaban J connectivity index is 1.82. The van der Waals surface area contributed by atoms with Crippen LogP contribution < -0.4 is 4.90 Å². The summed E-state index contributed by atoms with van der Waals surface area (Å²) in [5, 5.41) is 0. The molecule has 110 valence electrons. The molecule has 0 amide bonds. The maximum absolute atomic E-state index is 11.7. The zero-order valence-electron chi connectivity index (χ0n) is 12.8. The molecule has 0 unspecified atom stereocenters. The van der Waals surface area contributed by atoms with Crippen LogP contribution in [-0.2, 0) is 16.0 Å². The minimum Gasteiger partial charge on any atom is -0.460 e. The lowest BCUT2D eigenvalue weighted by Gasteiger charge is -2.31. The molecular weight excluding hydrogens is 250 g/mol. The van der Waals surface area contributed by atoms with Gasteiger partial charge in [-0.3, -0.25) is 4.79 Å². The molecule has 1 aromatic carbocycles. The van der Waals surface area contributed by atoms with Gasteiger partial charge in [0.1, 0.15) is 5.60 Å². The van der Waals surface area contributed by atoms with Crippen LogP contribution in [0.4, 0.5) is 5.69 Å². The fraction of sp³-hybridized carbons (Fsp3) is 0.588. The summed E-state index contributed by atoms with van der Waals surface area (Å²) in [6.45, 7) is 7.74. The lowest BCUT2D eigenvalue weighted by Crippen LogP contribution is -2.31. The van der Waals surface area contributed by atoms with Gasteiger partial charge >= 0.3 is 5.97 Å². The average molecular weight is 275 g/mol. The molecular formula is C17H25NO2. The molecule has 0 aromatic heterocycles. The highest BCUT2D eigenvalue weighted by Gasteiger charge is 2.18. The Kier molecular flexibility index (Phi) is 4.69. The Morgan fingerprint density at radius 2 is 2.05 bits per heavy atom. The van der Waals surface area contributed by atoms with E-state index in [2.05, 4.69) is 29.2 Å². The van der Waals surface area contributed by atoms with Crippen molar-refractivity contribution in [3.05, 3.63) is 29.8 Å². The molecule has 0 saturated heterocycles. The molecule has 0 aliphatic carbocycles. The van der Waals surface area contributed by atoms with Crippen LogP contribution in [0.2, 0.25) is 0 Å². The minimum absolute atomic E-state index is 0.0946. The van der Waals surface area contributed by atoms with E-state index in [-0.39, 0.29) is 11.6 Å². The predicted molar refractivity (Wildman–Crippen MR) is 82.1 cm³/mol. The highest BCUT2D eigenvalue weighted by molar-refractivity contribution is 5.69. The van der Waals surface area contributed by atoms with Gasteiger partial charge in [-0.25, -0.2) is 0 Å². The third kappa shape index (κ3) is 4.26. The molecule has 0 N–H and O–H groups in total. The van der Waals surface area contributed by atoms with Crippen molar-refractivity contribution >= 4 is 11.7 Å². The number of rotatable bonds is 4. The van der Waals surface area contributed by atoms with Crippen LogP contribution in [0, 0.1) is 0 Å². The first kappa shape index (κ1) is 14.9. The number of fused-ring (bicyclic) bond motifs is 1. The molecule has 3 heteroatoms. The van der Waals surface area contributed by atoms with Crippen LogP contribution in [0.1, 0.15) is 45.6 Å². The summed E-state index contributed by atoms with van der Waals surface area (Å²) in [5.74, 6) is -0.0946. The summed E-state index contributed by atoms with van der Waals surface area (Å²) < 4.78 is 5.34. The lowest BCUT2D eigenvalue weighted by atomic mass is 10.0. The number of anilines is 1. The zero-order chi connectivity index (χ0) is 14.6. The largest absolute Gasteiger partial charge is 0.460 e. The van der Waals surface area contributed by atoms with Crippen molar-refractivity contribution in [2.45, 2.75) is 52.1 Å². The van der Waals surface area contributed by atoms with Gasteiger partial charge in [-0.05, 0) is 51.7 Å². The molecule has 1 aromatic rings. The number of benzene rings is 1. The minimum atomic E-state index is -0.380. The highest BCUT2D eigenvalue weighted by atomic mass is 16.6. The topological polar surface area (TPSA) is 29.5 Å². The summed E-state index contributed by atoms with van der Waals surface area (Å²) in [6.07, 6.45) is 3.71. The smallest absolute Gasteiger partial charge is 0.306 e. The quantitative estimate of drug-likeness (QED) is 0.787. The zero-order valence-corrected chi connectivity index (χ0v) is 12.8. The van der Waals surface area contributed by atoms with E-state index in [1.807, 2.05) is 20.8 Å². The van der Waals surface area contributed by atoms with Crippen molar-refractivity contribution in [1.82, 2.24) is 0 Å². The maximum atomic E-state index is 11.7. The summed E-state index contributed by atoms with van der Waals surface area (Å²) in [4.78, 5) is 14.1. The van der Waals surface area contributed by atoms with Crippen molar-refractivity contribution in [3.8, 4) is 0 Å². The summed E-state index contributed by atoms with van der Waals surface area (Å²) in [5.41, 5.74) is 2.38. The summed E-state index contributed by atoms with van der Waals surface area (Å²) in [7, 11) is 0. The fourth-order valence-corrected chi connectivity index (χ4v) is 2.65. The van der Waals surface area contributed by atoms with Crippen LogP contribution in [0.3, 0.4) is 0 Å². The molecule has 3 nitrogen and oxygen atoms in total. The Morgan fingerprint density at radius 1 is 1.30 bits per heavy atom. The molecule has 0 spiro atoms. The van der Waals surface area contributed by atoms with Crippen molar-refractivity contribution in [1.29, 1.82) is 0 Å². The molecule has 2 rings (SSSR count). The van der Waals surface area contributed by atoms with Crippen LogP contribution in [0.25, 0.3) is 0 Å². The first-order valence-corrected chi connectivity index (χ1v) is 7.50. The highest BCUT2D eigenvalue weighted by Crippen LogP contribution is 2.26. The van der Waals surface area contributed by atoms with Crippen LogP contribution in [0.5, 0.6) is 0 Å². The van der Waals surface area contributed by atoms with E-state index in [9.17, 15) is 4.79 Å². The normalized spacial score (nSPS) is 14.8. The molecule has 1 heterocycles. The maximum Gasteiger partial charge on any atom is 0.306 e. The monoisotopic (exact) mass is 275 g/mol. The van der Waals surface area contributed by atoms with Crippen molar-refractivity contribution in [3.63, 3.8) is 0 Å². The number of esters is 1. The second kappa shape index (κ2) is 6.29. The van der Waals surface area contributed by atoms with Gasteiger partial charge in [0.2, 0.25) is 0 Å². The predicted octanol–water partition coefficient (Wildman–Crippen LogP) is 3.56. The van der Waals surface area contributed by atoms with E-state index in [1.165, 1.54) is 24.1 Å². The van der Waals surface area contributed by atoms with Gasteiger partial charge in [-0.1, -0.05) is 18.2 Å². The summed E-state index contributed by atoms with van der Waals surface area (Å²) in [6, 6.07) is 8.57. The number of hydrogen-bond donors (Lipinski definition) is 0. The van der Waals surface area contributed by atoms with E-state index >= 15 is 0 Å². The van der Waals surface area contributed by atoms with E-state index in [4.69, 9.17) is 4.74 Å². The van der Waals surface area contributed by atoms with Gasteiger partial charge in [0, 0.05) is 25.2 Å². The Morgan fingerprint density at radius 3 is 2.80 bits per heavy atom.